The molecule has 13 heteroatoms. The SMILES string of the molecule is Nc1ncnc2c1ncn2[C@@H]1O[C@H](CO)[C@@H](O)[C@H]1O.Oc1cc(O)cc(O)c1.[Au]. The number of nitrogens with two attached hydrogens (primary N) is 1. The number of hydrogen-bond acceptors (Lipinski definition) is 11. The number of aromatic nitrogens is 4. The van der Waals surface area contributed by atoms with Crippen LogP contribution in [0.5, 0.6) is 17.2 Å². The van der Waals surface area contributed by atoms with E-state index in [4.69, 9.17) is 30.9 Å². The number of fused-ring (bicyclic) bond motifs is 1. The van der Waals surface area contributed by atoms with Gasteiger partial charge in [-0.3, -0.25) is 4.57 Å². The second-order valence-electron chi connectivity index (χ2n) is 6.02. The molecule has 29 heavy (non-hydrogen) atoms. The summed E-state index contributed by atoms with van der Waals surface area (Å²) >= 11 is 0. The number of aromatic hydroxyl groups is 3. The fourth-order valence-electron chi connectivity index (χ4n) is 2.75. The van der Waals surface area contributed by atoms with Crippen LogP contribution in [0.1, 0.15) is 6.23 Å². The molecule has 1 aliphatic heterocycles. The number of rotatable bonds is 2. The number of aliphatic hydroxyl groups is 3. The molecule has 1 aliphatic rings. The summed E-state index contributed by atoms with van der Waals surface area (Å²) in [7, 11) is 0. The summed E-state index contributed by atoms with van der Waals surface area (Å²) in [6.07, 6.45) is -1.42. The van der Waals surface area contributed by atoms with E-state index in [1.54, 1.807) is 0 Å². The summed E-state index contributed by atoms with van der Waals surface area (Å²) in [6, 6.07) is 3.42. The quantitative estimate of drug-likeness (QED) is 0.177. The monoisotopic (exact) mass is 590 g/mol. The van der Waals surface area contributed by atoms with Crippen molar-refractivity contribution in [1.82, 2.24) is 19.5 Å². The molecule has 2 aromatic heterocycles. The third-order valence-corrected chi connectivity index (χ3v) is 4.07. The molecule has 8 N–H and O–H groups in total. The second kappa shape index (κ2) is 9.37. The number of phenolic OH excluding ortho intramolecular Hbond substituents is 3. The van der Waals surface area contributed by atoms with Crippen molar-refractivity contribution in [2.45, 2.75) is 24.5 Å². The Morgan fingerprint density at radius 2 is 1.55 bits per heavy atom. The number of nitrogens with zero attached hydrogens (tertiary/aromatic N) is 4. The van der Waals surface area contributed by atoms with Crippen LogP contribution in [-0.2, 0) is 27.1 Å². The van der Waals surface area contributed by atoms with Crippen LogP contribution in [0.15, 0.2) is 30.9 Å². The van der Waals surface area contributed by atoms with Gasteiger partial charge in [0.25, 0.3) is 0 Å². The van der Waals surface area contributed by atoms with Crippen LogP contribution in [0.2, 0.25) is 0 Å². The molecule has 4 rings (SSSR count). The van der Waals surface area contributed by atoms with Gasteiger partial charge in [0.05, 0.1) is 12.9 Å². The fourth-order valence-corrected chi connectivity index (χ4v) is 2.75. The number of ether oxygens (including phenoxy) is 1. The van der Waals surface area contributed by atoms with Crippen molar-refractivity contribution in [1.29, 1.82) is 0 Å². The van der Waals surface area contributed by atoms with Crippen molar-refractivity contribution < 1.29 is 57.8 Å². The van der Waals surface area contributed by atoms with Crippen LogP contribution in [0.25, 0.3) is 11.2 Å². The van der Waals surface area contributed by atoms with Gasteiger partial charge in [-0.1, -0.05) is 0 Å². The first-order valence-electron chi connectivity index (χ1n) is 8.09. The Balaban J connectivity index is 0.000000255. The summed E-state index contributed by atoms with van der Waals surface area (Å²) in [5, 5.41) is 54.8. The summed E-state index contributed by atoms with van der Waals surface area (Å²) in [5.74, 6) is -0.219. The Labute approximate surface area is 179 Å². The van der Waals surface area contributed by atoms with Crippen LogP contribution < -0.4 is 5.73 Å². The van der Waals surface area contributed by atoms with Gasteiger partial charge in [0.2, 0.25) is 0 Å². The van der Waals surface area contributed by atoms with E-state index in [1.807, 2.05) is 0 Å². The van der Waals surface area contributed by atoms with Gasteiger partial charge in [-0.05, 0) is 0 Å². The molecule has 1 aromatic carbocycles. The van der Waals surface area contributed by atoms with E-state index in [1.165, 1.54) is 17.2 Å². The van der Waals surface area contributed by atoms with E-state index in [2.05, 4.69) is 15.0 Å². The van der Waals surface area contributed by atoms with Crippen molar-refractivity contribution in [3.63, 3.8) is 0 Å². The standard InChI is InChI=1S/C10H13N5O4.C6H6O3.Au/c11-8-5-9(13-2-12-8)15(3-14-5)10-7(18)6(17)4(1-16)19-10;7-4-1-5(8)3-6(9)2-4;/h2-4,6-7,10,16-18H,1H2,(H2,11,12,13);1-3,7-9H;/t4-,6-,7-,10-;;/m1../s1. The maximum absolute atomic E-state index is 9.95. The second-order valence-corrected chi connectivity index (χ2v) is 6.02. The topological polar surface area (TPSA) is 200 Å². The maximum Gasteiger partial charge on any atom is 0.167 e. The van der Waals surface area contributed by atoms with Gasteiger partial charge < -0.3 is 41.1 Å². The Morgan fingerprint density at radius 1 is 0.966 bits per heavy atom. The van der Waals surface area contributed by atoms with E-state index in [0.717, 1.165) is 18.2 Å². The number of anilines is 1. The predicted molar refractivity (Wildman–Crippen MR) is 94.2 cm³/mol. The molecule has 1 fully saturated rings. The number of hydrogen-bond donors (Lipinski definition) is 7. The van der Waals surface area contributed by atoms with E-state index in [9.17, 15) is 10.2 Å². The fraction of sp³-hybridized carbons (Fsp3) is 0.312. The van der Waals surface area contributed by atoms with Gasteiger partial charge in [0.15, 0.2) is 17.7 Å². The minimum Gasteiger partial charge on any atom is -0.508 e. The van der Waals surface area contributed by atoms with Gasteiger partial charge in [-0.2, -0.15) is 0 Å². The predicted octanol–water partition coefficient (Wildman–Crippen LogP) is -1.18. The molecular weight excluding hydrogens is 571 g/mol. The molecular formula is C16H19AuN5O7. The molecule has 3 aromatic rings. The van der Waals surface area contributed by atoms with Gasteiger partial charge in [0.1, 0.15) is 47.4 Å². The van der Waals surface area contributed by atoms with Crippen molar-refractivity contribution in [3.8, 4) is 17.2 Å². The largest absolute Gasteiger partial charge is 0.508 e. The van der Waals surface area contributed by atoms with Crippen LogP contribution in [0.4, 0.5) is 5.82 Å². The molecule has 161 valence electrons. The zero-order chi connectivity index (χ0) is 20.4. The summed E-state index contributed by atoms with van der Waals surface area (Å²) in [5.41, 5.74) is 6.44. The third kappa shape index (κ3) is 4.76. The summed E-state index contributed by atoms with van der Waals surface area (Å²) in [4.78, 5) is 11.9. The smallest absolute Gasteiger partial charge is 0.167 e. The number of nitrogen functional groups attached to an aromatic ring is 1. The zero-order valence-corrected chi connectivity index (χ0v) is 16.8. The zero-order valence-electron chi connectivity index (χ0n) is 14.7. The molecule has 12 nitrogen and oxygen atoms in total. The Kier molecular flexibility index (Phi) is 7.37. The molecule has 0 bridgehead atoms. The molecule has 1 saturated heterocycles. The van der Waals surface area contributed by atoms with Gasteiger partial charge in [-0.25, -0.2) is 15.0 Å². The summed E-state index contributed by atoms with van der Waals surface area (Å²) < 4.78 is 6.85. The molecule has 4 atom stereocenters. The van der Waals surface area contributed by atoms with E-state index in [0.29, 0.717) is 11.2 Å². The van der Waals surface area contributed by atoms with Crippen LogP contribution >= 0.6 is 0 Å². The number of aliphatic hydroxyl groups excluding tert-OH is 3. The Bertz CT molecular complexity index is 922. The minimum atomic E-state index is -1.19. The number of imidazole rings is 1. The first kappa shape index (κ1) is 22.8. The number of phenols is 3. The molecule has 3 heterocycles. The van der Waals surface area contributed by atoms with Crippen molar-refractivity contribution >= 4 is 17.0 Å². The van der Waals surface area contributed by atoms with Gasteiger partial charge in [0, 0.05) is 40.6 Å². The molecule has 0 saturated carbocycles. The molecule has 0 spiro atoms. The van der Waals surface area contributed by atoms with E-state index < -0.39 is 31.1 Å². The first-order valence-corrected chi connectivity index (χ1v) is 8.09. The van der Waals surface area contributed by atoms with Gasteiger partial charge >= 0.3 is 0 Å². The molecule has 0 amide bonds. The van der Waals surface area contributed by atoms with Crippen molar-refractivity contribution in [2.24, 2.45) is 0 Å². The van der Waals surface area contributed by atoms with Crippen molar-refractivity contribution in [3.05, 3.63) is 30.9 Å². The van der Waals surface area contributed by atoms with Crippen LogP contribution in [0.3, 0.4) is 0 Å². The van der Waals surface area contributed by atoms with Crippen LogP contribution in [0, 0.1) is 0 Å². The summed E-state index contributed by atoms with van der Waals surface area (Å²) in [6.45, 7) is -0.390. The normalized spacial score (nSPS) is 23.3. The van der Waals surface area contributed by atoms with E-state index >= 15 is 0 Å². The minimum absolute atomic E-state index is 0. The first-order chi connectivity index (χ1) is 13.3. The van der Waals surface area contributed by atoms with E-state index in [-0.39, 0.29) is 45.4 Å². The average Bonchev–Trinajstić information content (AvgIpc) is 3.17. The van der Waals surface area contributed by atoms with Gasteiger partial charge in [-0.15, -0.1) is 0 Å². The maximum atomic E-state index is 9.95. The average molecular weight is 590 g/mol. The molecule has 0 aliphatic carbocycles. The van der Waals surface area contributed by atoms with Crippen molar-refractivity contribution in [2.75, 3.05) is 12.3 Å². The third-order valence-electron chi connectivity index (χ3n) is 4.07. The van der Waals surface area contributed by atoms with Crippen LogP contribution in [-0.4, -0.2) is 75.1 Å². The molecule has 1 radical (unpaired) electrons. The Hall–Kier alpha value is -2.45. The Morgan fingerprint density at radius 3 is 2.07 bits per heavy atom. The molecule has 0 unspecified atom stereocenters. The number of benzene rings is 1.